The van der Waals surface area contributed by atoms with Crippen LogP contribution in [0.25, 0.3) is 0 Å². The van der Waals surface area contributed by atoms with E-state index in [1.165, 1.54) is 4.90 Å². The van der Waals surface area contributed by atoms with Crippen LogP contribution in [0.3, 0.4) is 0 Å². The summed E-state index contributed by atoms with van der Waals surface area (Å²) >= 11 is 0. The SMILES string of the molecule is N#Cc1ccc2c(c1)N(C(=O)OCc1ccccc1)CCO2. The number of anilines is 1. The molecule has 3 rings (SSSR count). The van der Waals surface area contributed by atoms with Crippen molar-refractivity contribution in [2.75, 3.05) is 18.1 Å². The van der Waals surface area contributed by atoms with E-state index in [0.717, 1.165) is 5.56 Å². The largest absolute Gasteiger partial charge is 0.490 e. The van der Waals surface area contributed by atoms with Gasteiger partial charge in [-0.25, -0.2) is 4.79 Å². The van der Waals surface area contributed by atoms with Gasteiger partial charge < -0.3 is 9.47 Å². The van der Waals surface area contributed by atoms with Gasteiger partial charge in [-0.3, -0.25) is 4.90 Å². The highest BCUT2D eigenvalue weighted by molar-refractivity contribution is 5.90. The summed E-state index contributed by atoms with van der Waals surface area (Å²) < 4.78 is 10.9. The number of amides is 1. The maximum absolute atomic E-state index is 12.3. The maximum atomic E-state index is 12.3. The molecule has 0 fully saturated rings. The Morgan fingerprint density at radius 3 is 2.86 bits per heavy atom. The van der Waals surface area contributed by atoms with Crippen LogP contribution in [-0.4, -0.2) is 19.2 Å². The van der Waals surface area contributed by atoms with Crippen LogP contribution in [0.4, 0.5) is 10.5 Å². The summed E-state index contributed by atoms with van der Waals surface area (Å²) in [4.78, 5) is 13.8. The Morgan fingerprint density at radius 1 is 1.27 bits per heavy atom. The lowest BCUT2D eigenvalue weighted by Gasteiger charge is -2.28. The van der Waals surface area contributed by atoms with Gasteiger partial charge in [0.1, 0.15) is 19.0 Å². The van der Waals surface area contributed by atoms with Crippen LogP contribution in [0, 0.1) is 11.3 Å². The van der Waals surface area contributed by atoms with Gasteiger partial charge in [0.05, 0.1) is 23.9 Å². The van der Waals surface area contributed by atoms with Gasteiger partial charge in [0.15, 0.2) is 0 Å². The second-order valence-electron chi connectivity index (χ2n) is 4.83. The zero-order chi connectivity index (χ0) is 15.4. The molecule has 110 valence electrons. The minimum Gasteiger partial charge on any atom is -0.490 e. The number of carbonyl (C=O) groups excluding carboxylic acids is 1. The van der Waals surface area contributed by atoms with Crippen molar-refractivity contribution in [1.29, 1.82) is 5.26 Å². The van der Waals surface area contributed by atoms with Crippen molar-refractivity contribution in [2.45, 2.75) is 6.61 Å². The number of ether oxygens (including phenoxy) is 2. The molecule has 1 heterocycles. The van der Waals surface area contributed by atoms with Crippen molar-refractivity contribution in [3.05, 3.63) is 59.7 Å². The highest BCUT2D eigenvalue weighted by atomic mass is 16.6. The van der Waals surface area contributed by atoms with Gasteiger partial charge in [-0.1, -0.05) is 30.3 Å². The van der Waals surface area contributed by atoms with E-state index in [9.17, 15) is 4.79 Å². The molecule has 1 aliphatic heterocycles. The number of carbonyl (C=O) groups is 1. The Hall–Kier alpha value is -3.00. The minimum atomic E-state index is -0.441. The van der Waals surface area contributed by atoms with Crippen molar-refractivity contribution >= 4 is 11.8 Å². The third kappa shape index (κ3) is 2.86. The summed E-state index contributed by atoms with van der Waals surface area (Å²) in [5, 5.41) is 8.99. The molecule has 0 atom stereocenters. The van der Waals surface area contributed by atoms with Gasteiger partial charge >= 0.3 is 6.09 Å². The summed E-state index contributed by atoms with van der Waals surface area (Å²) in [5.41, 5.74) is 1.98. The summed E-state index contributed by atoms with van der Waals surface area (Å²) in [6, 6.07) is 16.6. The van der Waals surface area contributed by atoms with Crippen LogP contribution in [-0.2, 0) is 11.3 Å². The molecule has 2 aromatic rings. The highest BCUT2D eigenvalue weighted by Gasteiger charge is 2.25. The molecule has 0 unspecified atom stereocenters. The molecular weight excluding hydrogens is 280 g/mol. The molecule has 0 spiro atoms. The van der Waals surface area contributed by atoms with Gasteiger partial charge in [0.2, 0.25) is 0 Å². The number of benzene rings is 2. The molecule has 2 aromatic carbocycles. The smallest absolute Gasteiger partial charge is 0.414 e. The second kappa shape index (κ2) is 6.19. The lowest BCUT2D eigenvalue weighted by atomic mass is 10.1. The maximum Gasteiger partial charge on any atom is 0.414 e. The van der Waals surface area contributed by atoms with Crippen LogP contribution in [0.15, 0.2) is 48.5 Å². The van der Waals surface area contributed by atoms with E-state index in [1.54, 1.807) is 18.2 Å². The Bertz CT molecular complexity index is 722. The Morgan fingerprint density at radius 2 is 2.09 bits per heavy atom. The number of fused-ring (bicyclic) bond motifs is 1. The van der Waals surface area contributed by atoms with E-state index in [0.29, 0.717) is 30.2 Å². The molecule has 0 aromatic heterocycles. The van der Waals surface area contributed by atoms with E-state index in [-0.39, 0.29) is 6.61 Å². The lowest BCUT2D eigenvalue weighted by Crippen LogP contribution is -2.38. The Balaban J connectivity index is 1.76. The molecule has 5 heteroatoms. The number of nitriles is 1. The average Bonchev–Trinajstić information content (AvgIpc) is 2.59. The van der Waals surface area contributed by atoms with Crippen molar-refractivity contribution < 1.29 is 14.3 Å². The first kappa shape index (κ1) is 14.0. The van der Waals surface area contributed by atoms with Crippen molar-refractivity contribution in [1.82, 2.24) is 0 Å². The second-order valence-corrected chi connectivity index (χ2v) is 4.83. The van der Waals surface area contributed by atoms with E-state index in [4.69, 9.17) is 14.7 Å². The molecule has 0 saturated carbocycles. The summed E-state index contributed by atoms with van der Waals surface area (Å²) in [7, 11) is 0. The fourth-order valence-electron chi connectivity index (χ4n) is 2.27. The molecule has 0 radical (unpaired) electrons. The molecule has 0 bridgehead atoms. The van der Waals surface area contributed by atoms with E-state index >= 15 is 0 Å². The van der Waals surface area contributed by atoms with Crippen LogP contribution in [0.5, 0.6) is 5.75 Å². The first-order chi connectivity index (χ1) is 10.8. The van der Waals surface area contributed by atoms with Gasteiger partial charge in [-0.15, -0.1) is 0 Å². The van der Waals surface area contributed by atoms with E-state index in [2.05, 4.69) is 6.07 Å². The third-order valence-electron chi connectivity index (χ3n) is 3.38. The normalized spacial score (nSPS) is 12.8. The van der Waals surface area contributed by atoms with Crippen LogP contribution >= 0.6 is 0 Å². The van der Waals surface area contributed by atoms with Gasteiger partial charge in [-0.2, -0.15) is 5.26 Å². The van der Waals surface area contributed by atoms with Gasteiger partial charge in [0, 0.05) is 0 Å². The predicted molar refractivity (Wildman–Crippen MR) is 80.6 cm³/mol. The molecule has 5 nitrogen and oxygen atoms in total. The van der Waals surface area contributed by atoms with Crippen molar-refractivity contribution in [3.8, 4) is 11.8 Å². The predicted octanol–water partition coefficient (Wildman–Crippen LogP) is 3.09. The van der Waals surface area contributed by atoms with E-state index in [1.807, 2.05) is 30.3 Å². The van der Waals surface area contributed by atoms with Gasteiger partial charge in [0.25, 0.3) is 0 Å². The Labute approximate surface area is 128 Å². The monoisotopic (exact) mass is 294 g/mol. The van der Waals surface area contributed by atoms with E-state index < -0.39 is 6.09 Å². The van der Waals surface area contributed by atoms with Crippen LogP contribution < -0.4 is 9.64 Å². The summed E-state index contributed by atoms with van der Waals surface area (Å²) in [5.74, 6) is 0.585. The first-order valence-electron chi connectivity index (χ1n) is 6.93. The minimum absolute atomic E-state index is 0.213. The quantitative estimate of drug-likeness (QED) is 0.854. The first-order valence-corrected chi connectivity index (χ1v) is 6.93. The molecule has 22 heavy (non-hydrogen) atoms. The third-order valence-corrected chi connectivity index (χ3v) is 3.38. The molecule has 0 N–H and O–H groups in total. The number of hydrogen-bond acceptors (Lipinski definition) is 4. The zero-order valence-electron chi connectivity index (χ0n) is 11.9. The topological polar surface area (TPSA) is 62.6 Å². The summed E-state index contributed by atoms with van der Waals surface area (Å²) in [6.07, 6.45) is -0.441. The molecular formula is C17H14N2O3. The van der Waals surface area contributed by atoms with Crippen LogP contribution in [0.1, 0.15) is 11.1 Å². The zero-order valence-corrected chi connectivity index (χ0v) is 11.9. The number of nitrogens with zero attached hydrogens (tertiary/aromatic N) is 2. The van der Waals surface area contributed by atoms with Crippen molar-refractivity contribution in [2.24, 2.45) is 0 Å². The highest BCUT2D eigenvalue weighted by Crippen LogP contribution is 2.32. The summed E-state index contributed by atoms with van der Waals surface area (Å²) in [6.45, 7) is 1.01. The number of rotatable bonds is 2. The Kier molecular flexibility index (Phi) is 3.92. The molecule has 1 amide bonds. The van der Waals surface area contributed by atoms with Crippen LogP contribution in [0.2, 0.25) is 0 Å². The van der Waals surface area contributed by atoms with Crippen molar-refractivity contribution in [3.63, 3.8) is 0 Å². The number of hydrogen-bond donors (Lipinski definition) is 0. The molecule has 1 aliphatic rings. The standard InChI is InChI=1S/C17H14N2O3/c18-11-14-6-7-16-15(10-14)19(8-9-21-16)17(20)22-12-13-4-2-1-3-5-13/h1-7,10H,8-9,12H2. The average molecular weight is 294 g/mol. The fourth-order valence-corrected chi connectivity index (χ4v) is 2.27. The van der Waals surface area contributed by atoms with Gasteiger partial charge in [-0.05, 0) is 23.8 Å². The molecule has 0 aliphatic carbocycles. The fraction of sp³-hybridized carbons (Fsp3) is 0.176. The molecule has 0 saturated heterocycles. The lowest BCUT2D eigenvalue weighted by molar-refractivity contribution is 0.144.